The van der Waals surface area contributed by atoms with Crippen molar-refractivity contribution >= 4 is 17.9 Å². The van der Waals surface area contributed by atoms with Gasteiger partial charge in [0.2, 0.25) is 5.91 Å². The Balaban J connectivity index is 0.000000395. The van der Waals surface area contributed by atoms with E-state index in [-0.39, 0.29) is 17.8 Å². The quantitative estimate of drug-likeness (QED) is 0.366. The lowest BCUT2D eigenvalue weighted by atomic mass is 9.86. The summed E-state index contributed by atoms with van der Waals surface area (Å²) in [6, 6.07) is 13.3. The Kier molecular flexibility index (Phi) is 14.0. The highest BCUT2D eigenvalue weighted by Crippen LogP contribution is 2.32. The van der Waals surface area contributed by atoms with E-state index in [4.69, 9.17) is 0 Å². The lowest BCUT2D eigenvalue weighted by Gasteiger charge is -2.33. The van der Waals surface area contributed by atoms with Crippen LogP contribution in [-0.2, 0) is 15.5 Å². The van der Waals surface area contributed by atoms with E-state index >= 15 is 0 Å². The van der Waals surface area contributed by atoms with Crippen molar-refractivity contribution in [1.82, 2.24) is 10.2 Å². The highest BCUT2D eigenvalue weighted by Gasteiger charge is 2.29. The zero-order valence-corrected chi connectivity index (χ0v) is 21.7. The first-order chi connectivity index (χ1) is 16.8. The van der Waals surface area contributed by atoms with Crippen LogP contribution in [0.5, 0.6) is 0 Å². The van der Waals surface area contributed by atoms with Gasteiger partial charge in [-0.25, -0.2) is 0 Å². The first kappa shape index (κ1) is 30.4. The smallest absolute Gasteiger partial charge is 0.326 e. The lowest BCUT2D eigenvalue weighted by Crippen LogP contribution is -2.34. The molecule has 1 saturated heterocycles. The fourth-order valence-electron chi connectivity index (χ4n) is 4.04. The number of nitrogens with zero attached hydrogens (tertiary/aromatic N) is 1. The third kappa shape index (κ3) is 10.7. The number of rotatable bonds is 8. The molecular formula is C28H41F2N3O2. The number of likely N-dealkylation sites (tertiary alicyclic amines) is 1. The summed E-state index contributed by atoms with van der Waals surface area (Å²) in [5, 5.41) is 6.11. The predicted octanol–water partition coefficient (Wildman–Crippen LogP) is 5.75. The number of anilines is 1. The van der Waals surface area contributed by atoms with Crippen LogP contribution in [0.1, 0.15) is 62.6 Å². The van der Waals surface area contributed by atoms with Crippen LogP contribution in [-0.4, -0.2) is 50.3 Å². The van der Waals surface area contributed by atoms with Crippen LogP contribution < -0.4 is 10.6 Å². The summed E-state index contributed by atoms with van der Waals surface area (Å²) in [5.74, 6) is -2.73. The molecule has 1 amide bonds. The molecule has 2 aromatic rings. The van der Waals surface area contributed by atoms with Gasteiger partial charge in [-0.3, -0.25) is 9.59 Å². The van der Waals surface area contributed by atoms with Crippen LogP contribution in [0.4, 0.5) is 14.5 Å². The van der Waals surface area contributed by atoms with Crippen molar-refractivity contribution in [2.75, 3.05) is 38.5 Å². The molecule has 7 heteroatoms. The van der Waals surface area contributed by atoms with Crippen molar-refractivity contribution in [1.29, 1.82) is 0 Å². The number of aryl methyl sites for hydroxylation is 1. The van der Waals surface area contributed by atoms with E-state index in [1.54, 1.807) is 13.0 Å². The van der Waals surface area contributed by atoms with Gasteiger partial charge in [0, 0.05) is 18.2 Å². The van der Waals surface area contributed by atoms with Crippen LogP contribution >= 0.6 is 0 Å². The first-order valence-corrected chi connectivity index (χ1v) is 12.4. The van der Waals surface area contributed by atoms with Crippen LogP contribution in [0.15, 0.2) is 48.5 Å². The number of aldehydes is 1. The third-order valence-electron chi connectivity index (χ3n) is 5.83. The summed E-state index contributed by atoms with van der Waals surface area (Å²) >= 11 is 0. The second-order valence-corrected chi connectivity index (χ2v) is 8.43. The maximum absolute atomic E-state index is 12.5. The Labute approximate surface area is 209 Å². The van der Waals surface area contributed by atoms with Crippen molar-refractivity contribution in [2.45, 2.75) is 58.8 Å². The molecule has 5 nitrogen and oxygen atoms in total. The van der Waals surface area contributed by atoms with Gasteiger partial charge in [0.25, 0.3) is 0 Å². The molecule has 0 spiro atoms. The minimum Gasteiger partial charge on any atom is -0.326 e. The number of carbonyl (C=O) groups is 2. The van der Waals surface area contributed by atoms with E-state index in [0.717, 1.165) is 12.2 Å². The average molecular weight is 490 g/mol. The molecule has 35 heavy (non-hydrogen) atoms. The van der Waals surface area contributed by atoms with E-state index in [1.165, 1.54) is 74.3 Å². The normalized spacial score (nSPS) is 14.1. The van der Waals surface area contributed by atoms with Crippen molar-refractivity contribution in [3.63, 3.8) is 0 Å². The molecule has 0 aliphatic carbocycles. The number of piperidine rings is 1. The summed E-state index contributed by atoms with van der Waals surface area (Å²) in [6.45, 7) is 12.4. The minimum atomic E-state index is -3.35. The summed E-state index contributed by atoms with van der Waals surface area (Å²) in [6.07, 6.45) is 3.29. The van der Waals surface area contributed by atoms with Gasteiger partial charge in [-0.05, 0) is 88.6 Å². The standard InChI is InChI=1S/C18H29N3O.C8H6F2O.C2H6/c1-14-5-6-17(20-15(2)22)13-18(14)16-7-11-21(12-8-16)10-4-9-19-3;9-8(10,6-11)7-4-2-1-3-5-7;1-2/h5-6,13,16,19H,4,7-12H2,1-3H3,(H,20,22);1-6H;1-2H3. The van der Waals surface area contributed by atoms with Gasteiger partial charge in [0.1, 0.15) is 0 Å². The zero-order valence-electron chi connectivity index (χ0n) is 21.7. The Hall–Kier alpha value is -2.64. The van der Waals surface area contributed by atoms with Gasteiger partial charge in [0.15, 0.2) is 6.29 Å². The number of hydrogen-bond acceptors (Lipinski definition) is 4. The SMILES string of the molecule is CC.CNCCCN1CCC(c2cc(NC(C)=O)ccc2C)CC1.O=CC(F)(F)c1ccccc1. The number of benzene rings is 2. The predicted molar refractivity (Wildman–Crippen MR) is 140 cm³/mol. The topological polar surface area (TPSA) is 61.4 Å². The number of amides is 1. The number of hydrogen-bond donors (Lipinski definition) is 2. The van der Waals surface area contributed by atoms with Crippen LogP contribution in [0.3, 0.4) is 0 Å². The second kappa shape index (κ2) is 16.1. The molecule has 3 rings (SSSR count). The van der Waals surface area contributed by atoms with Gasteiger partial charge in [-0.2, -0.15) is 8.78 Å². The van der Waals surface area contributed by atoms with E-state index in [0.29, 0.717) is 5.92 Å². The fourth-order valence-corrected chi connectivity index (χ4v) is 4.04. The second-order valence-electron chi connectivity index (χ2n) is 8.43. The van der Waals surface area contributed by atoms with Crippen LogP contribution in [0.25, 0.3) is 0 Å². The zero-order chi connectivity index (χ0) is 26.3. The van der Waals surface area contributed by atoms with Crippen molar-refractivity contribution < 1.29 is 18.4 Å². The first-order valence-electron chi connectivity index (χ1n) is 12.4. The van der Waals surface area contributed by atoms with Gasteiger partial charge in [-0.1, -0.05) is 50.2 Å². The number of halogens is 2. The third-order valence-corrected chi connectivity index (χ3v) is 5.83. The molecule has 0 unspecified atom stereocenters. The van der Waals surface area contributed by atoms with Gasteiger partial charge in [-0.15, -0.1) is 0 Å². The molecule has 2 aromatic carbocycles. The van der Waals surface area contributed by atoms with Crippen molar-refractivity contribution in [3.05, 3.63) is 65.2 Å². The van der Waals surface area contributed by atoms with Crippen LogP contribution in [0, 0.1) is 6.92 Å². The monoisotopic (exact) mass is 489 g/mol. The molecule has 0 radical (unpaired) electrons. The molecule has 1 aliphatic heterocycles. The van der Waals surface area contributed by atoms with E-state index in [2.05, 4.69) is 34.6 Å². The van der Waals surface area contributed by atoms with Crippen molar-refractivity contribution in [3.8, 4) is 0 Å². The highest BCUT2D eigenvalue weighted by atomic mass is 19.3. The molecule has 1 heterocycles. The maximum atomic E-state index is 12.5. The largest absolute Gasteiger partial charge is 0.327 e. The molecule has 194 valence electrons. The highest BCUT2D eigenvalue weighted by molar-refractivity contribution is 5.88. The van der Waals surface area contributed by atoms with Crippen LogP contribution in [0.2, 0.25) is 0 Å². The number of alkyl halides is 2. The summed E-state index contributed by atoms with van der Waals surface area (Å²) in [4.78, 5) is 23.7. The van der Waals surface area contributed by atoms with Crippen molar-refractivity contribution in [2.24, 2.45) is 0 Å². The lowest BCUT2D eigenvalue weighted by molar-refractivity contribution is -0.130. The molecular weight excluding hydrogens is 448 g/mol. The van der Waals surface area contributed by atoms with Gasteiger partial charge < -0.3 is 15.5 Å². The van der Waals surface area contributed by atoms with Gasteiger partial charge >= 0.3 is 5.92 Å². The Morgan fingerprint density at radius 1 is 1.11 bits per heavy atom. The molecule has 0 bridgehead atoms. The molecule has 0 atom stereocenters. The summed E-state index contributed by atoms with van der Waals surface area (Å²) in [7, 11) is 2.01. The minimum absolute atomic E-state index is 0.00541. The molecule has 2 N–H and O–H groups in total. The molecule has 0 aromatic heterocycles. The average Bonchev–Trinajstić information content (AvgIpc) is 2.88. The maximum Gasteiger partial charge on any atom is 0.327 e. The molecule has 1 aliphatic rings. The van der Waals surface area contributed by atoms with Gasteiger partial charge in [0.05, 0.1) is 0 Å². The Morgan fingerprint density at radius 2 is 1.74 bits per heavy atom. The Morgan fingerprint density at radius 3 is 2.29 bits per heavy atom. The summed E-state index contributed by atoms with van der Waals surface area (Å²) in [5.41, 5.74) is 3.39. The number of carbonyl (C=O) groups excluding carboxylic acids is 2. The fraction of sp³-hybridized carbons (Fsp3) is 0.500. The van der Waals surface area contributed by atoms with E-state index < -0.39 is 5.92 Å². The Bertz CT molecular complexity index is 883. The molecule has 0 saturated carbocycles. The summed E-state index contributed by atoms with van der Waals surface area (Å²) < 4.78 is 25.0. The van der Waals surface area contributed by atoms with E-state index in [1.807, 2.05) is 27.0 Å². The van der Waals surface area contributed by atoms with E-state index in [9.17, 15) is 18.4 Å². The number of nitrogens with one attached hydrogen (secondary N) is 2. The molecule has 1 fully saturated rings.